The summed E-state index contributed by atoms with van der Waals surface area (Å²) in [5.41, 5.74) is 14.9. The average molecular weight is 583 g/mol. The maximum Gasteiger partial charge on any atom is 0.143 e. The van der Waals surface area contributed by atoms with Gasteiger partial charge in [-0.05, 0) is 83.9 Å². The second kappa shape index (κ2) is 8.62. The fourth-order valence-corrected chi connectivity index (χ4v) is 8.91. The maximum atomic E-state index is 6.76. The Balaban J connectivity index is 1.20. The van der Waals surface area contributed by atoms with Crippen molar-refractivity contribution >= 4 is 21.5 Å². The highest BCUT2D eigenvalue weighted by molar-refractivity contribution is 6.08. The second-order valence-corrected chi connectivity index (χ2v) is 12.8. The molecule has 0 aromatic heterocycles. The monoisotopic (exact) mass is 582 g/mol. The van der Waals surface area contributed by atoms with Gasteiger partial charge in [-0.2, -0.15) is 0 Å². The van der Waals surface area contributed by atoms with E-state index in [4.69, 9.17) is 4.74 Å². The molecule has 11 rings (SSSR count). The van der Waals surface area contributed by atoms with Crippen molar-refractivity contribution in [3.8, 4) is 56.0 Å². The van der Waals surface area contributed by atoms with Crippen molar-refractivity contribution in [2.45, 2.75) is 5.41 Å². The minimum atomic E-state index is -0.407. The SMILES string of the molecule is c1ccc2c(c1)-c1cc(-c3cccc4c3Oc3cccc5cccc-4c35)ccc1C21c2ccccc2-c2cccc3cccc1c23. The Labute approximate surface area is 267 Å². The third-order valence-corrected chi connectivity index (χ3v) is 10.7. The van der Waals surface area contributed by atoms with E-state index < -0.39 is 5.41 Å². The lowest BCUT2D eigenvalue weighted by molar-refractivity contribution is 0.489. The molecule has 46 heavy (non-hydrogen) atoms. The molecule has 1 spiro atoms. The van der Waals surface area contributed by atoms with Gasteiger partial charge in [-0.15, -0.1) is 0 Å². The summed E-state index contributed by atoms with van der Waals surface area (Å²) in [5, 5.41) is 5.03. The van der Waals surface area contributed by atoms with Crippen molar-refractivity contribution in [3.05, 3.63) is 180 Å². The molecule has 1 aliphatic heterocycles. The van der Waals surface area contributed by atoms with Crippen LogP contribution in [0.4, 0.5) is 0 Å². The highest BCUT2D eigenvalue weighted by Gasteiger charge is 2.50. The zero-order valence-electron chi connectivity index (χ0n) is 24.9. The standard InChI is InChI=1S/C45H26O/c1-3-20-37-31(14-1)33-17-5-10-27-12-7-22-40(42(27)33)45(37)38-21-4-2-15-32(38)36-26-29(24-25-39(36)45)30-16-9-19-35-34-18-6-11-28-13-8-23-41(43(28)34)46-44(30)35/h1-26H. The molecular formula is C45H26O. The van der Waals surface area contributed by atoms with Crippen LogP contribution in [-0.2, 0) is 5.41 Å². The molecule has 0 bridgehead atoms. The molecule has 8 aromatic rings. The molecule has 0 fully saturated rings. The first-order valence-corrected chi connectivity index (χ1v) is 16.0. The predicted molar refractivity (Wildman–Crippen MR) is 189 cm³/mol. The molecule has 1 atom stereocenters. The summed E-state index contributed by atoms with van der Waals surface area (Å²) >= 11 is 0. The van der Waals surface area contributed by atoms with Crippen LogP contribution in [-0.4, -0.2) is 0 Å². The normalized spacial score (nSPS) is 16.1. The van der Waals surface area contributed by atoms with E-state index in [1.165, 1.54) is 71.6 Å². The van der Waals surface area contributed by atoms with Gasteiger partial charge in [-0.3, -0.25) is 0 Å². The van der Waals surface area contributed by atoms with Crippen LogP contribution in [0.5, 0.6) is 11.5 Å². The van der Waals surface area contributed by atoms with Gasteiger partial charge in [0.1, 0.15) is 11.5 Å². The van der Waals surface area contributed by atoms with Crippen LogP contribution in [0.2, 0.25) is 0 Å². The lowest BCUT2D eigenvalue weighted by Crippen LogP contribution is -2.31. The van der Waals surface area contributed by atoms with Gasteiger partial charge in [0.2, 0.25) is 0 Å². The fraction of sp³-hybridized carbons (Fsp3) is 0.0222. The Morgan fingerprint density at radius 3 is 1.65 bits per heavy atom. The van der Waals surface area contributed by atoms with Crippen LogP contribution in [0.1, 0.15) is 22.3 Å². The smallest absolute Gasteiger partial charge is 0.143 e. The number of benzene rings is 8. The Kier molecular flexibility index (Phi) is 4.57. The number of hydrogen-bond acceptors (Lipinski definition) is 1. The molecule has 3 aliphatic rings. The Hall–Kier alpha value is -5.92. The molecule has 1 heteroatoms. The molecule has 2 aliphatic carbocycles. The molecule has 8 aromatic carbocycles. The summed E-state index contributed by atoms with van der Waals surface area (Å²) in [6.45, 7) is 0. The Bertz CT molecular complexity index is 2610. The molecule has 1 unspecified atom stereocenters. The first kappa shape index (κ1) is 24.4. The molecule has 0 N–H and O–H groups in total. The van der Waals surface area contributed by atoms with Crippen molar-refractivity contribution < 1.29 is 4.74 Å². The minimum absolute atomic E-state index is 0.407. The lowest BCUT2D eigenvalue weighted by Gasteiger charge is -2.40. The topological polar surface area (TPSA) is 9.23 Å². The van der Waals surface area contributed by atoms with Gasteiger partial charge in [0, 0.05) is 16.5 Å². The first-order chi connectivity index (χ1) is 22.8. The van der Waals surface area contributed by atoms with E-state index >= 15 is 0 Å². The molecule has 212 valence electrons. The van der Waals surface area contributed by atoms with E-state index in [0.29, 0.717) is 0 Å². The highest BCUT2D eigenvalue weighted by Crippen LogP contribution is 2.62. The van der Waals surface area contributed by atoms with Gasteiger partial charge in [-0.25, -0.2) is 0 Å². The summed E-state index contributed by atoms with van der Waals surface area (Å²) in [6, 6.07) is 58.2. The molecule has 0 amide bonds. The Morgan fingerprint density at radius 1 is 0.348 bits per heavy atom. The largest absolute Gasteiger partial charge is 0.455 e. The third kappa shape index (κ3) is 2.87. The molecule has 1 heterocycles. The van der Waals surface area contributed by atoms with E-state index in [0.717, 1.165) is 28.2 Å². The van der Waals surface area contributed by atoms with Crippen molar-refractivity contribution in [2.24, 2.45) is 0 Å². The summed E-state index contributed by atoms with van der Waals surface area (Å²) in [7, 11) is 0. The highest BCUT2D eigenvalue weighted by atomic mass is 16.5. The second-order valence-electron chi connectivity index (χ2n) is 12.8. The summed E-state index contributed by atoms with van der Waals surface area (Å²) in [4.78, 5) is 0. The van der Waals surface area contributed by atoms with Crippen LogP contribution >= 0.6 is 0 Å². The van der Waals surface area contributed by atoms with Crippen molar-refractivity contribution in [2.75, 3.05) is 0 Å². The van der Waals surface area contributed by atoms with Crippen molar-refractivity contribution in [3.63, 3.8) is 0 Å². The van der Waals surface area contributed by atoms with Gasteiger partial charge in [0.25, 0.3) is 0 Å². The first-order valence-electron chi connectivity index (χ1n) is 16.0. The van der Waals surface area contributed by atoms with Crippen LogP contribution in [0, 0.1) is 0 Å². The van der Waals surface area contributed by atoms with Crippen LogP contribution in [0.3, 0.4) is 0 Å². The number of rotatable bonds is 1. The fourth-order valence-electron chi connectivity index (χ4n) is 8.91. The summed E-state index contributed by atoms with van der Waals surface area (Å²) < 4.78 is 6.76. The van der Waals surface area contributed by atoms with E-state index in [1.807, 2.05) is 0 Å². The van der Waals surface area contributed by atoms with E-state index in [1.54, 1.807) is 0 Å². The molecule has 0 radical (unpaired) electrons. The van der Waals surface area contributed by atoms with Gasteiger partial charge < -0.3 is 4.74 Å². The average Bonchev–Trinajstić information content (AvgIpc) is 3.41. The van der Waals surface area contributed by atoms with Crippen molar-refractivity contribution in [1.29, 1.82) is 0 Å². The van der Waals surface area contributed by atoms with Gasteiger partial charge in [-0.1, -0.05) is 146 Å². The molecule has 0 saturated carbocycles. The number of hydrogen-bond donors (Lipinski definition) is 0. The maximum absolute atomic E-state index is 6.76. The lowest BCUT2D eigenvalue weighted by atomic mass is 9.61. The number of fused-ring (bicyclic) bond motifs is 11. The summed E-state index contributed by atoms with van der Waals surface area (Å²) in [5.74, 6) is 1.85. The molecule has 1 nitrogen and oxygen atoms in total. The van der Waals surface area contributed by atoms with Crippen LogP contribution in [0.15, 0.2) is 158 Å². The summed E-state index contributed by atoms with van der Waals surface area (Å²) in [6.07, 6.45) is 0. The van der Waals surface area contributed by atoms with E-state index in [9.17, 15) is 0 Å². The predicted octanol–water partition coefficient (Wildman–Crippen LogP) is 11.8. The quantitative estimate of drug-likeness (QED) is 0.187. The third-order valence-electron chi connectivity index (χ3n) is 10.7. The van der Waals surface area contributed by atoms with Gasteiger partial charge in [0.15, 0.2) is 0 Å². The minimum Gasteiger partial charge on any atom is -0.455 e. The number of para-hydroxylation sites is 1. The number of ether oxygens (including phenoxy) is 1. The zero-order chi connectivity index (χ0) is 30.0. The van der Waals surface area contributed by atoms with E-state index in [-0.39, 0.29) is 0 Å². The van der Waals surface area contributed by atoms with Gasteiger partial charge in [0.05, 0.1) is 5.41 Å². The zero-order valence-corrected chi connectivity index (χ0v) is 24.9. The van der Waals surface area contributed by atoms with E-state index in [2.05, 4.69) is 158 Å². The molecule has 0 saturated heterocycles. The Morgan fingerprint density at radius 2 is 0.870 bits per heavy atom. The van der Waals surface area contributed by atoms with Gasteiger partial charge >= 0.3 is 0 Å². The van der Waals surface area contributed by atoms with Crippen LogP contribution < -0.4 is 4.74 Å². The van der Waals surface area contributed by atoms with Crippen LogP contribution in [0.25, 0.3) is 66.1 Å². The van der Waals surface area contributed by atoms with Crippen molar-refractivity contribution in [1.82, 2.24) is 0 Å². The molecular weight excluding hydrogens is 556 g/mol.